The Bertz CT molecular complexity index is 833. The van der Waals surface area contributed by atoms with Crippen LogP contribution in [-0.4, -0.2) is 42.1 Å². The lowest BCUT2D eigenvalue weighted by Gasteiger charge is -2.29. The second-order valence-corrected chi connectivity index (χ2v) is 7.65. The van der Waals surface area contributed by atoms with Crippen LogP contribution < -0.4 is 5.32 Å². The SMILES string of the molecule is C[C@@H](c1ccc(NC(=O)OCc2ccc(Cl)cc2)cc1)N(C)C(=O)N1CCCC1. The smallest absolute Gasteiger partial charge is 0.411 e. The number of hydrogen-bond donors (Lipinski definition) is 1. The molecule has 0 saturated carbocycles. The number of carbonyl (C=O) groups excluding carboxylic acids is 2. The molecule has 0 aromatic heterocycles. The van der Waals surface area contributed by atoms with Crippen molar-refractivity contribution in [2.75, 3.05) is 25.5 Å². The first kappa shape index (κ1) is 21.0. The van der Waals surface area contributed by atoms with Gasteiger partial charge in [0, 0.05) is 30.8 Å². The van der Waals surface area contributed by atoms with Crippen molar-refractivity contribution in [2.24, 2.45) is 0 Å². The second-order valence-electron chi connectivity index (χ2n) is 7.21. The van der Waals surface area contributed by atoms with E-state index in [0.29, 0.717) is 10.7 Å². The number of nitrogens with zero attached hydrogens (tertiary/aromatic N) is 2. The van der Waals surface area contributed by atoms with E-state index in [1.165, 1.54) is 0 Å². The second kappa shape index (κ2) is 9.65. The highest BCUT2D eigenvalue weighted by molar-refractivity contribution is 6.30. The number of rotatable bonds is 5. The first-order valence-electron chi connectivity index (χ1n) is 9.74. The average molecular weight is 416 g/mol. The van der Waals surface area contributed by atoms with Crippen LogP contribution in [0.25, 0.3) is 0 Å². The topological polar surface area (TPSA) is 61.9 Å². The van der Waals surface area contributed by atoms with E-state index in [4.69, 9.17) is 16.3 Å². The summed E-state index contributed by atoms with van der Waals surface area (Å²) in [7, 11) is 1.83. The van der Waals surface area contributed by atoms with Crippen LogP contribution in [0.4, 0.5) is 15.3 Å². The van der Waals surface area contributed by atoms with Crippen molar-refractivity contribution in [1.82, 2.24) is 9.80 Å². The third kappa shape index (κ3) is 5.64. The normalized spacial score (nSPS) is 14.4. The van der Waals surface area contributed by atoms with Gasteiger partial charge in [0.2, 0.25) is 0 Å². The van der Waals surface area contributed by atoms with Crippen LogP contribution in [0, 0.1) is 0 Å². The summed E-state index contributed by atoms with van der Waals surface area (Å²) >= 11 is 5.84. The Morgan fingerprint density at radius 2 is 1.72 bits per heavy atom. The Morgan fingerprint density at radius 1 is 1.10 bits per heavy atom. The van der Waals surface area contributed by atoms with Gasteiger partial charge in [-0.25, -0.2) is 9.59 Å². The number of urea groups is 1. The quantitative estimate of drug-likeness (QED) is 0.720. The van der Waals surface area contributed by atoms with E-state index < -0.39 is 6.09 Å². The molecule has 0 radical (unpaired) electrons. The minimum Gasteiger partial charge on any atom is -0.444 e. The maximum absolute atomic E-state index is 12.6. The van der Waals surface area contributed by atoms with E-state index in [-0.39, 0.29) is 18.7 Å². The molecule has 3 rings (SSSR count). The summed E-state index contributed by atoms with van der Waals surface area (Å²) in [6, 6.07) is 14.6. The fourth-order valence-electron chi connectivity index (χ4n) is 3.25. The number of nitrogens with one attached hydrogen (secondary N) is 1. The summed E-state index contributed by atoms with van der Waals surface area (Å²) < 4.78 is 5.22. The number of benzene rings is 2. The molecule has 7 heteroatoms. The van der Waals surface area contributed by atoms with Gasteiger partial charge < -0.3 is 14.5 Å². The number of hydrogen-bond acceptors (Lipinski definition) is 3. The number of likely N-dealkylation sites (tertiary alicyclic amines) is 1. The van der Waals surface area contributed by atoms with Gasteiger partial charge in [-0.05, 0) is 55.2 Å². The molecule has 1 aliphatic rings. The van der Waals surface area contributed by atoms with Crippen LogP contribution in [0.3, 0.4) is 0 Å². The van der Waals surface area contributed by atoms with Crippen LogP contribution in [0.2, 0.25) is 5.02 Å². The maximum atomic E-state index is 12.6. The molecule has 2 aromatic carbocycles. The summed E-state index contributed by atoms with van der Waals surface area (Å²) in [5.74, 6) is 0. The lowest BCUT2D eigenvalue weighted by atomic mass is 10.1. The molecule has 2 aromatic rings. The molecule has 0 bridgehead atoms. The molecular formula is C22H26ClN3O3. The van der Waals surface area contributed by atoms with E-state index in [1.54, 1.807) is 17.0 Å². The van der Waals surface area contributed by atoms with Crippen molar-refractivity contribution < 1.29 is 14.3 Å². The predicted octanol–water partition coefficient (Wildman–Crippen LogP) is 5.30. The van der Waals surface area contributed by atoms with Gasteiger partial charge in [0.25, 0.3) is 0 Å². The highest BCUT2D eigenvalue weighted by Crippen LogP contribution is 2.23. The van der Waals surface area contributed by atoms with Gasteiger partial charge in [0.1, 0.15) is 6.61 Å². The van der Waals surface area contributed by atoms with E-state index in [0.717, 1.165) is 37.1 Å². The van der Waals surface area contributed by atoms with Crippen LogP contribution in [0.1, 0.15) is 36.9 Å². The molecule has 1 aliphatic heterocycles. The largest absolute Gasteiger partial charge is 0.444 e. The minimum atomic E-state index is -0.526. The molecule has 3 amide bonds. The molecular weight excluding hydrogens is 390 g/mol. The minimum absolute atomic E-state index is 0.0583. The lowest BCUT2D eigenvalue weighted by Crippen LogP contribution is -2.40. The van der Waals surface area contributed by atoms with Crippen LogP contribution in [-0.2, 0) is 11.3 Å². The van der Waals surface area contributed by atoms with Gasteiger partial charge in [0.05, 0.1) is 6.04 Å². The number of halogens is 1. The highest BCUT2D eigenvalue weighted by Gasteiger charge is 2.25. The number of ether oxygens (including phenoxy) is 1. The first-order chi connectivity index (χ1) is 13.9. The number of anilines is 1. The van der Waals surface area contributed by atoms with Crippen LogP contribution in [0.15, 0.2) is 48.5 Å². The van der Waals surface area contributed by atoms with Crippen molar-refractivity contribution in [3.8, 4) is 0 Å². The van der Waals surface area contributed by atoms with E-state index in [1.807, 2.05) is 55.3 Å². The molecule has 29 heavy (non-hydrogen) atoms. The van der Waals surface area contributed by atoms with Gasteiger partial charge in [0.15, 0.2) is 0 Å². The van der Waals surface area contributed by atoms with Crippen LogP contribution >= 0.6 is 11.6 Å². The maximum Gasteiger partial charge on any atom is 0.411 e. The Balaban J connectivity index is 1.51. The van der Waals surface area contributed by atoms with E-state index in [9.17, 15) is 9.59 Å². The Labute approximate surface area is 176 Å². The first-order valence-corrected chi connectivity index (χ1v) is 10.1. The molecule has 1 atom stereocenters. The number of amides is 3. The molecule has 154 valence electrons. The van der Waals surface area contributed by atoms with Gasteiger partial charge in [-0.15, -0.1) is 0 Å². The molecule has 1 fully saturated rings. The lowest BCUT2D eigenvalue weighted by molar-refractivity contribution is 0.155. The van der Waals surface area contributed by atoms with Crippen molar-refractivity contribution in [3.63, 3.8) is 0 Å². The van der Waals surface area contributed by atoms with Gasteiger partial charge in [-0.1, -0.05) is 35.9 Å². The summed E-state index contributed by atoms with van der Waals surface area (Å²) in [6.45, 7) is 3.83. The van der Waals surface area contributed by atoms with E-state index >= 15 is 0 Å². The fraction of sp³-hybridized carbons (Fsp3) is 0.364. The van der Waals surface area contributed by atoms with Crippen molar-refractivity contribution in [2.45, 2.75) is 32.4 Å². The Hall–Kier alpha value is -2.73. The predicted molar refractivity (Wildman–Crippen MR) is 114 cm³/mol. The van der Waals surface area contributed by atoms with Crippen LogP contribution in [0.5, 0.6) is 0 Å². The summed E-state index contributed by atoms with van der Waals surface area (Å²) in [5, 5.41) is 3.35. The Kier molecular flexibility index (Phi) is 6.99. The van der Waals surface area contributed by atoms with Crippen molar-refractivity contribution in [3.05, 3.63) is 64.7 Å². The average Bonchev–Trinajstić information content (AvgIpc) is 3.27. The molecule has 6 nitrogen and oxygen atoms in total. The number of carbonyl (C=O) groups is 2. The zero-order valence-corrected chi connectivity index (χ0v) is 17.5. The monoisotopic (exact) mass is 415 g/mol. The molecule has 0 unspecified atom stereocenters. The molecule has 1 heterocycles. The van der Waals surface area contributed by atoms with Gasteiger partial charge >= 0.3 is 12.1 Å². The van der Waals surface area contributed by atoms with Crippen molar-refractivity contribution in [1.29, 1.82) is 0 Å². The van der Waals surface area contributed by atoms with Gasteiger partial charge in [-0.2, -0.15) is 0 Å². The fourth-order valence-corrected chi connectivity index (χ4v) is 3.38. The molecule has 1 N–H and O–H groups in total. The summed E-state index contributed by atoms with van der Waals surface area (Å²) in [4.78, 5) is 28.2. The van der Waals surface area contributed by atoms with Gasteiger partial charge in [-0.3, -0.25) is 5.32 Å². The molecule has 0 aliphatic carbocycles. The zero-order valence-electron chi connectivity index (χ0n) is 16.7. The summed E-state index contributed by atoms with van der Waals surface area (Å²) in [5.41, 5.74) is 2.50. The van der Waals surface area contributed by atoms with E-state index in [2.05, 4.69) is 5.32 Å². The molecule has 0 spiro atoms. The third-order valence-electron chi connectivity index (χ3n) is 5.18. The standard InChI is InChI=1S/C22H26ClN3O3/c1-16(25(2)22(28)26-13-3-4-14-26)18-7-11-20(12-8-18)24-21(27)29-15-17-5-9-19(23)10-6-17/h5-12,16H,3-4,13-15H2,1-2H3,(H,24,27)/t16-/m0/s1. The highest BCUT2D eigenvalue weighted by atomic mass is 35.5. The Morgan fingerprint density at radius 3 is 2.34 bits per heavy atom. The van der Waals surface area contributed by atoms with Crippen molar-refractivity contribution >= 4 is 29.4 Å². The summed E-state index contributed by atoms with van der Waals surface area (Å²) in [6.07, 6.45) is 1.62. The zero-order chi connectivity index (χ0) is 20.8. The third-order valence-corrected chi connectivity index (χ3v) is 5.43. The molecule has 1 saturated heterocycles.